The third-order valence-corrected chi connectivity index (χ3v) is 9.34. The molecule has 13 heteroatoms. The van der Waals surface area contributed by atoms with E-state index in [2.05, 4.69) is 42.7 Å². The molecule has 0 saturated carbocycles. The number of nitrogens with zero attached hydrogens (tertiary/aromatic N) is 6. The minimum Gasteiger partial charge on any atom is -0.369 e. The number of hydrogen-bond donors (Lipinski definition) is 0. The van der Waals surface area contributed by atoms with E-state index in [1.165, 1.54) is 33.4 Å². The van der Waals surface area contributed by atoms with Crippen molar-refractivity contribution in [1.29, 1.82) is 0 Å². The lowest BCUT2D eigenvalue weighted by Crippen LogP contribution is -2.44. The first-order chi connectivity index (χ1) is 23.1. The summed E-state index contributed by atoms with van der Waals surface area (Å²) in [5.74, 6) is -1.82. The van der Waals surface area contributed by atoms with E-state index in [0.29, 0.717) is 33.2 Å². The molecule has 0 radical (unpaired) electrons. The van der Waals surface area contributed by atoms with Crippen LogP contribution in [0.25, 0.3) is 33.2 Å². The van der Waals surface area contributed by atoms with Crippen molar-refractivity contribution >= 4 is 55.0 Å². The lowest BCUT2D eigenvalue weighted by atomic mass is 10.1. The maximum absolute atomic E-state index is 13.6. The normalized spacial score (nSPS) is 14.9. The van der Waals surface area contributed by atoms with Gasteiger partial charge in [0, 0.05) is 36.3 Å². The topological polar surface area (TPSA) is 110 Å². The fourth-order valence-corrected chi connectivity index (χ4v) is 6.72. The number of anilines is 1. The Kier molecular flexibility index (Phi) is 6.93. The largest absolute Gasteiger partial charge is 0.369 e. The minimum absolute atomic E-state index is 0.0235. The summed E-state index contributed by atoms with van der Waals surface area (Å²) >= 11 is 3.31. The number of benzene rings is 4. The molecule has 0 atom stereocenters. The zero-order valence-electron chi connectivity index (χ0n) is 25.2. The van der Waals surface area contributed by atoms with Crippen LogP contribution >= 0.6 is 15.9 Å². The zero-order valence-corrected chi connectivity index (χ0v) is 26.8. The number of carbonyl (C=O) groups is 2. The molecule has 238 valence electrons. The fourth-order valence-electron chi connectivity index (χ4n) is 6.36. The van der Waals surface area contributed by atoms with Crippen molar-refractivity contribution in [2.24, 2.45) is 0 Å². The molecule has 48 heavy (non-hydrogen) atoms. The molecule has 0 aliphatic carbocycles. The summed E-state index contributed by atoms with van der Waals surface area (Å²) in [6, 6.07) is 18.3. The number of fused-ring (bicyclic) bond motifs is 8. The maximum atomic E-state index is 13.6. The molecular weight excluding hydrogens is 686 g/mol. The lowest BCUT2D eigenvalue weighted by molar-refractivity contribution is 0.102. The Morgan fingerprint density at radius 2 is 1.12 bits per heavy atom. The van der Waals surface area contributed by atoms with E-state index in [1.807, 2.05) is 12.1 Å². The molecule has 3 aliphatic heterocycles. The third-order valence-electron chi connectivity index (χ3n) is 8.84. The molecule has 0 unspecified atom stereocenters. The van der Waals surface area contributed by atoms with E-state index in [1.54, 1.807) is 24.3 Å². The highest BCUT2D eigenvalue weighted by Crippen LogP contribution is 2.29. The van der Waals surface area contributed by atoms with Gasteiger partial charge in [-0.05, 0) is 79.8 Å². The van der Waals surface area contributed by atoms with E-state index in [-0.39, 0.29) is 33.9 Å². The fraction of sp³-hybridized carbons (Fsp3) is 0.143. The SMILES string of the molecule is CN1CCN(c2ccc3nc4n(c(=O)c3c2)-c2ccc(F)cc2C4=O)CC1.O=C1c2cc(F)ccc2-n2c1nc1ccc(Br)cc1c2=O. The first-order valence-corrected chi connectivity index (χ1v) is 15.8. The smallest absolute Gasteiger partial charge is 0.266 e. The van der Waals surface area contributed by atoms with Crippen molar-refractivity contribution in [2.45, 2.75) is 0 Å². The van der Waals surface area contributed by atoms with Crippen molar-refractivity contribution in [2.75, 3.05) is 38.1 Å². The van der Waals surface area contributed by atoms with Gasteiger partial charge in [-0.25, -0.2) is 18.7 Å². The van der Waals surface area contributed by atoms with Crippen LogP contribution in [0, 0.1) is 11.6 Å². The molecule has 6 aromatic rings. The van der Waals surface area contributed by atoms with Crippen molar-refractivity contribution < 1.29 is 18.4 Å². The molecule has 10 nitrogen and oxygen atoms in total. The van der Waals surface area contributed by atoms with Crippen molar-refractivity contribution in [1.82, 2.24) is 24.0 Å². The Balaban J connectivity index is 0.000000145. The number of halogens is 3. The first-order valence-electron chi connectivity index (χ1n) is 15.0. The minimum atomic E-state index is -0.518. The number of likely N-dealkylation sites (N-methyl/N-ethyl adjacent to an activating group) is 1. The van der Waals surface area contributed by atoms with E-state index >= 15 is 0 Å². The van der Waals surface area contributed by atoms with Gasteiger partial charge in [0.2, 0.25) is 11.6 Å². The molecule has 3 aliphatic rings. The first kappa shape index (κ1) is 30.0. The second-order valence-corrected chi connectivity index (χ2v) is 12.7. The Labute approximate surface area is 278 Å². The molecule has 1 saturated heterocycles. The zero-order chi connectivity index (χ0) is 33.4. The Morgan fingerprint density at radius 1 is 0.625 bits per heavy atom. The highest BCUT2D eigenvalue weighted by Gasteiger charge is 2.32. The Hall–Kier alpha value is -5.40. The van der Waals surface area contributed by atoms with E-state index in [4.69, 9.17) is 0 Å². The maximum Gasteiger partial charge on any atom is 0.266 e. The molecule has 0 amide bonds. The van der Waals surface area contributed by atoms with Crippen molar-refractivity contribution in [3.8, 4) is 11.4 Å². The number of piperazine rings is 1. The molecule has 0 N–H and O–H groups in total. The predicted molar refractivity (Wildman–Crippen MR) is 179 cm³/mol. The number of hydrogen-bond acceptors (Lipinski definition) is 8. The molecule has 4 aromatic carbocycles. The van der Waals surface area contributed by atoms with Crippen LogP contribution < -0.4 is 16.0 Å². The summed E-state index contributed by atoms with van der Waals surface area (Å²) < 4.78 is 30.2. The van der Waals surface area contributed by atoms with Gasteiger partial charge >= 0.3 is 0 Å². The second kappa shape index (κ2) is 11.1. The van der Waals surface area contributed by atoms with Gasteiger partial charge in [0.05, 0.1) is 44.3 Å². The van der Waals surface area contributed by atoms with Gasteiger partial charge in [-0.15, -0.1) is 0 Å². The van der Waals surface area contributed by atoms with Crippen LogP contribution in [0.2, 0.25) is 0 Å². The van der Waals surface area contributed by atoms with E-state index in [0.717, 1.165) is 48.5 Å². The molecule has 0 bridgehead atoms. The highest BCUT2D eigenvalue weighted by molar-refractivity contribution is 9.10. The van der Waals surface area contributed by atoms with Crippen LogP contribution in [0.5, 0.6) is 0 Å². The van der Waals surface area contributed by atoms with Gasteiger partial charge in [-0.3, -0.25) is 28.3 Å². The molecule has 5 heterocycles. The summed E-state index contributed by atoms with van der Waals surface area (Å²) in [4.78, 5) is 63.8. The third kappa shape index (κ3) is 4.68. The average molecular weight is 710 g/mol. The number of ketones is 2. The lowest BCUT2D eigenvalue weighted by Gasteiger charge is -2.34. The van der Waals surface area contributed by atoms with Crippen LogP contribution in [0.1, 0.15) is 32.4 Å². The quantitative estimate of drug-likeness (QED) is 0.243. The van der Waals surface area contributed by atoms with Crippen LogP contribution in [-0.2, 0) is 0 Å². The predicted octanol–water partition coefficient (Wildman–Crippen LogP) is 4.65. The summed E-state index contributed by atoms with van der Waals surface area (Å²) in [6.45, 7) is 3.71. The monoisotopic (exact) mass is 708 g/mol. The van der Waals surface area contributed by atoms with Crippen LogP contribution in [0.4, 0.5) is 14.5 Å². The van der Waals surface area contributed by atoms with Gasteiger partial charge in [-0.2, -0.15) is 0 Å². The van der Waals surface area contributed by atoms with Gasteiger partial charge < -0.3 is 9.80 Å². The standard InChI is InChI=1S/C20H17FN4O2.C15H6BrFN2O2/c1-23-6-8-24(9-7-23)13-3-4-16-14(11-13)20(27)25-17-5-2-12(21)10-15(17)18(26)19(25)22-16;16-7-1-3-11-9(5-7)15(21)19-12-4-2-8(17)6-10(12)13(20)14(19)18-11/h2-5,10-11H,6-9H2,1H3;1-6H. The molecule has 1 fully saturated rings. The van der Waals surface area contributed by atoms with Gasteiger partial charge in [0.1, 0.15) is 11.6 Å². The van der Waals surface area contributed by atoms with Gasteiger partial charge in [-0.1, -0.05) is 15.9 Å². The molecule has 0 spiro atoms. The van der Waals surface area contributed by atoms with Crippen LogP contribution in [-0.4, -0.2) is 68.8 Å². The Bertz CT molecular complexity index is 2520. The average Bonchev–Trinajstić information content (AvgIpc) is 3.51. The van der Waals surface area contributed by atoms with Crippen LogP contribution in [0.15, 0.2) is 86.9 Å². The number of rotatable bonds is 1. The van der Waals surface area contributed by atoms with E-state index < -0.39 is 23.2 Å². The summed E-state index contributed by atoms with van der Waals surface area (Å²) in [7, 11) is 2.09. The van der Waals surface area contributed by atoms with E-state index in [9.17, 15) is 28.0 Å². The summed E-state index contributed by atoms with van der Waals surface area (Å²) in [6.07, 6.45) is 0. The second-order valence-electron chi connectivity index (χ2n) is 11.8. The highest BCUT2D eigenvalue weighted by atomic mass is 79.9. The summed E-state index contributed by atoms with van der Waals surface area (Å²) in [5.41, 5.74) is 2.35. The molecule has 2 aromatic heterocycles. The van der Waals surface area contributed by atoms with Crippen molar-refractivity contribution in [3.63, 3.8) is 0 Å². The molecule has 9 rings (SSSR count). The number of aromatic nitrogens is 4. The molecular formula is C35H23BrF2N6O4. The summed E-state index contributed by atoms with van der Waals surface area (Å²) in [5, 5.41) is 0.859. The number of carbonyl (C=O) groups excluding carboxylic acids is 2. The van der Waals surface area contributed by atoms with Crippen molar-refractivity contribution in [3.05, 3.63) is 132 Å². The van der Waals surface area contributed by atoms with Gasteiger partial charge in [0.15, 0.2) is 11.6 Å². The van der Waals surface area contributed by atoms with Gasteiger partial charge in [0.25, 0.3) is 11.1 Å². The Morgan fingerprint density at radius 3 is 1.67 bits per heavy atom. The van der Waals surface area contributed by atoms with Crippen LogP contribution in [0.3, 0.4) is 0 Å².